The number of anilines is 1. The molecule has 0 bridgehead atoms. The van der Waals surface area contributed by atoms with Gasteiger partial charge in [-0.3, -0.25) is 4.98 Å². The van der Waals surface area contributed by atoms with E-state index in [9.17, 15) is 8.42 Å². The second-order valence-electron chi connectivity index (χ2n) is 5.80. The van der Waals surface area contributed by atoms with E-state index in [2.05, 4.69) is 19.9 Å². The van der Waals surface area contributed by atoms with Crippen LogP contribution in [0.25, 0.3) is 10.9 Å². The summed E-state index contributed by atoms with van der Waals surface area (Å²) in [6.45, 7) is 4.00. The van der Waals surface area contributed by atoms with E-state index in [1.165, 1.54) is 10.6 Å². The van der Waals surface area contributed by atoms with E-state index in [1.54, 1.807) is 19.4 Å². The smallest absolute Gasteiger partial charge is 0.210 e. The number of hydrogen-bond donors (Lipinski definition) is 0. The number of fused-ring (bicyclic) bond motifs is 1. The van der Waals surface area contributed by atoms with Crippen molar-refractivity contribution in [1.29, 1.82) is 0 Å². The van der Waals surface area contributed by atoms with Crippen molar-refractivity contribution in [1.82, 2.24) is 19.3 Å². The first kappa shape index (κ1) is 15.1. The van der Waals surface area contributed by atoms with Gasteiger partial charge in [0.05, 0.1) is 18.0 Å². The normalized spacial score (nSPS) is 16.3. The van der Waals surface area contributed by atoms with Crippen LogP contribution in [-0.2, 0) is 10.0 Å². The fourth-order valence-corrected chi connectivity index (χ4v) is 3.16. The Morgan fingerprint density at radius 1 is 1.36 bits per heavy atom. The molecule has 0 atom stereocenters. The Hall–Kier alpha value is -1.80. The zero-order chi connectivity index (χ0) is 15.9. The summed E-state index contributed by atoms with van der Waals surface area (Å²) in [5, 5.41) is 0.982. The highest BCUT2D eigenvalue weighted by Crippen LogP contribution is 2.29. The third-order valence-corrected chi connectivity index (χ3v) is 5.21. The molecule has 8 heteroatoms. The highest BCUT2D eigenvalue weighted by molar-refractivity contribution is 7.88. The van der Waals surface area contributed by atoms with Crippen LogP contribution in [0.5, 0.6) is 0 Å². The zero-order valence-electron chi connectivity index (χ0n) is 12.9. The maximum Gasteiger partial charge on any atom is 0.210 e. The van der Waals surface area contributed by atoms with Crippen molar-refractivity contribution < 1.29 is 8.42 Å². The molecule has 2 aromatic rings. The molecule has 2 aromatic heterocycles. The standard InChI is InChI=1S/C14H19N5O2S/c1-10-16-13-6-15-5-4-12(13)14(17-10)19-8-11(9-19)7-18(2)22(3,20)21/h4-6,11H,7-9H2,1-3H3. The van der Waals surface area contributed by atoms with Crippen LogP contribution < -0.4 is 4.90 Å². The minimum absolute atomic E-state index is 0.326. The van der Waals surface area contributed by atoms with Crippen LogP contribution in [0.4, 0.5) is 5.82 Å². The second kappa shape index (κ2) is 5.44. The molecule has 0 radical (unpaired) electrons. The number of hydrogen-bond acceptors (Lipinski definition) is 6. The first-order chi connectivity index (χ1) is 10.3. The van der Waals surface area contributed by atoms with Crippen molar-refractivity contribution in [2.75, 3.05) is 37.8 Å². The molecule has 1 fully saturated rings. The molecule has 0 N–H and O–H groups in total. The van der Waals surface area contributed by atoms with Crippen molar-refractivity contribution in [3.8, 4) is 0 Å². The van der Waals surface area contributed by atoms with Gasteiger partial charge in [0.1, 0.15) is 11.6 Å². The third kappa shape index (κ3) is 2.89. The minimum atomic E-state index is -3.12. The molecule has 0 aromatic carbocycles. The summed E-state index contributed by atoms with van der Waals surface area (Å²) < 4.78 is 24.3. The van der Waals surface area contributed by atoms with E-state index in [0.717, 1.165) is 29.8 Å². The van der Waals surface area contributed by atoms with E-state index >= 15 is 0 Å². The molecule has 7 nitrogen and oxygen atoms in total. The number of pyridine rings is 1. The summed E-state index contributed by atoms with van der Waals surface area (Å²) in [5.41, 5.74) is 0.835. The largest absolute Gasteiger partial charge is 0.355 e. The summed E-state index contributed by atoms with van der Waals surface area (Å²) in [5.74, 6) is 1.95. The lowest BCUT2D eigenvalue weighted by Gasteiger charge is -2.41. The Bertz CT molecular complexity index is 802. The zero-order valence-corrected chi connectivity index (χ0v) is 13.7. The Balaban J connectivity index is 1.76. The van der Waals surface area contributed by atoms with Gasteiger partial charge in [-0.05, 0) is 13.0 Å². The molecule has 0 saturated carbocycles. The fraction of sp³-hybridized carbons (Fsp3) is 0.500. The lowest BCUT2D eigenvalue weighted by Crippen LogP contribution is -2.52. The van der Waals surface area contributed by atoms with Gasteiger partial charge in [-0.2, -0.15) is 0 Å². The van der Waals surface area contributed by atoms with Gasteiger partial charge in [0, 0.05) is 44.2 Å². The van der Waals surface area contributed by atoms with Gasteiger partial charge in [0.25, 0.3) is 0 Å². The van der Waals surface area contributed by atoms with Crippen LogP contribution in [0.2, 0.25) is 0 Å². The molecule has 1 aliphatic rings. The molecule has 1 saturated heterocycles. The van der Waals surface area contributed by atoms with E-state index < -0.39 is 10.0 Å². The van der Waals surface area contributed by atoms with Crippen LogP contribution in [0.15, 0.2) is 18.5 Å². The average molecular weight is 321 g/mol. The van der Waals surface area contributed by atoms with Crippen LogP contribution in [0.1, 0.15) is 5.82 Å². The Morgan fingerprint density at radius 3 is 2.77 bits per heavy atom. The van der Waals surface area contributed by atoms with Crippen LogP contribution in [0.3, 0.4) is 0 Å². The second-order valence-corrected chi connectivity index (χ2v) is 7.89. The van der Waals surface area contributed by atoms with Crippen LogP contribution in [-0.4, -0.2) is 60.6 Å². The number of aromatic nitrogens is 3. The summed E-state index contributed by atoms with van der Waals surface area (Å²) in [7, 11) is -1.50. The van der Waals surface area contributed by atoms with Gasteiger partial charge in [-0.15, -0.1) is 0 Å². The Kier molecular flexibility index (Phi) is 3.73. The third-order valence-electron chi connectivity index (χ3n) is 3.93. The summed E-state index contributed by atoms with van der Waals surface area (Å²) in [6, 6.07) is 1.92. The molecule has 0 unspecified atom stereocenters. The number of sulfonamides is 1. The maximum absolute atomic E-state index is 11.5. The summed E-state index contributed by atoms with van der Waals surface area (Å²) >= 11 is 0. The van der Waals surface area contributed by atoms with Crippen LogP contribution >= 0.6 is 0 Å². The predicted octanol–water partition coefficient (Wildman–Crippen LogP) is 0.661. The highest BCUT2D eigenvalue weighted by atomic mass is 32.2. The summed E-state index contributed by atoms with van der Waals surface area (Å²) in [4.78, 5) is 15.2. The number of rotatable bonds is 4. The lowest BCUT2D eigenvalue weighted by molar-refractivity contribution is 0.327. The maximum atomic E-state index is 11.5. The van der Waals surface area contributed by atoms with Gasteiger partial charge in [0.2, 0.25) is 10.0 Å². The molecule has 1 aliphatic heterocycles. The number of aryl methyl sites for hydroxylation is 1. The lowest BCUT2D eigenvalue weighted by atomic mass is 10.00. The van der Waals surface area contributed by atoms with E-state index in [-0.39, 0.29) is 0 Å². The molecule has 3 rings (SSSR count). The topological polar surface area (TPSA) is 79.3 Å². The highest BCUT2D eigenvalue weighted by Gasteiger charge is 2.31. The molecule has 118 valence electrons. The molecular weight excluding hydrogens is 302 g/mol. The number of nitrogens with zero attached hydrogens (tertiary/aromatic N) is 5. The molecule has 0 spiro atoms. The van der Waals surface area contributed by atoms with E-state index in [1.807, 2.05) is 13.0 Å². The Labute approximate surface area is 130 Å². The van der Waals surface area contributed by atoms with Crippen molar-refractivity contribution in [3.05, 3.63) is 24.3 Å². The van der Waals surface area contributed by atoms with Crippen molar-refractivity contribution in [3.63, 3.8) is 0 Å². The average Bonchev–Trinajstić information content (AvgIpc) is 2.40. The fourth-order valence-electron chi connectivity index (χ4n) is 2.68. The van der Waals surface area contributed by atoms with Crippen molar-refractivity contribution in [2.45, 2.75) is 6.92 Å². The van der Waals surface area contributed by atoms with E-state index in [0.29, 0.717) is 18.3 Å². The molecule has 22 heavy (non-hydrogen) atoms. The van der Waals surface area contributed by atoms with E-state index in [4.69, 9.17) is 0 Å². The van der Waals surface area contributed by atoms with Gasteiger partial charge >= 0.3 is 0 Å². The van der Waals surface area contributed by atoms with Crippen molar-refractivity contribution in [2.24, 2.45) is 5.92 Å². The predicted molar refractivity (Wildman–Crippen MR) is 85.2 cm³/mol. The molecule has 0 aliphatic carbocycles. The van der Waals surface area contributed by atoms with Gasteiger partial charge in [-0.25, -0.2) is 22.7 Å². The molecule has 0 amide bonds. The molecular formula is C14H19N5O2S. The SMILES string of the molecule is Cc1nc(N2CC(CN(C)S(C)(=O)=O)C2)c2ccncc2n1. The summed E-state index contributed by atoms with van der Waals surface area (Å²) in [6.07, 6.45) is 4.71. The van der Waals surface area contributed by atoms with Crippen LogP contribution in [0, 0.1) is 12.8 Å². The quantitative estimate of drug-likeness (QED) is 0.823. The van der Waals surface area contributed by atoms with Gasteiger partial charge in [-0.1, -0.05) is 0 Å². The van der Waals surface area contributed by atoms with Gasteiger partial charge < -0.3 is 4.90 Å². The molecule has 3 heterocycles. The minimum Gasteiger partial charge on any atom is -0.355 e. The van der Waals surface area contributed by atoms with Gasteiger partial charge in [0.15, 0.2) is 0 Å². The Morgan fingerprint density at radius 2 is 2.09 bits per heavy atom. The van der Waals surface area contributed by atoms with Crippen molar-refractivity contribution >= 4 is 26.7 Å². The first-order valence-corrected chi connectivity index (χ1v) is 8.94. The first-order valence-electron chi connectivity index (χ1n) is 7.09. The monoisotopic (exact) mass is 321 g/mol.